The summed E-state index contributed by atoms with van der Waals surface area (Å²) in [5, 5.41) is 11.4. The molecular formula is C13H9N5O3. The van der Waals surface area contributed by atoms with E-state index in [1.54, 1.807) is 25.1 Å². The summed E-state index contributed by atoms with van der Waals surface area (Å²) in [6.07, 6.45) is 0. The van der Waals surface area contributed by atoms with E-state index in [0.29, 0.717) is 16.6 Å². The first kappa shape index (κ1) is 12.8. The Balaban J connectivity index is 2.29. The molecule has 1 N–H and O–H groups in total. The Morgan fingerprint density at radius 2 is 2.29 bits per heavy atom. The summed E-state index contributed by atoms with van der Waals surface area (Å²) in [7, 11) is 0. The van der Waals surface area contributed by atoms with Gasteiger partial charge in [0, 0.05) is 0 Å². The van der Waals surface area contributed by atoms with Crippen molar-refractivity contribution in [1.29, 1.82) is 5.26 Å². The number of hydrogen-bond acceptors (Lipinski definition) is 6. The fourth-order valence-electron chi connectivity index (χ4n) is 1.96. The molecule has 3 aromatic rings. The number of nitrogens with one attached hydrogen (secondary N) is 1. The number of imidazole rings is 1. The van der Waals surface area contributed by atoms with Gasteiger partial charge in [-0.15, -0.1) is 0 Å². The highest BCUT2D eigenvalue weighted by atomic mass is 16.5. The van der Waals surface area contributed by atoms with Gasteiger partial charge in [0.05, 0.1) is 29.3 Å². The van der Waals surface area contributed by atoms with E-state index in [1.807, 2.05) is 6.07 Å². The maximum absolute atomic E-state index is 11.9. The second-order valence-corrected chi connectivity index (χ2v) is 4.18. The van der Waals surface area contributed by atoms with E-state index in [9.17, 15) is 9.59 Å². The Morgan fingerprint density at radius 1 is 1.48 bits per heavy atom. The number of fused-ring (bicyclic) bond motifs is 3. The number of carbonyl (C=O) groups excluding carboxylic acids is 1. The van der Waals surface area contributed by atoms with Crippen molar-refractivity contribution >= 4 is 22.8 Å². The fraction of sp³-hybridized carbons (Fsp3) is 0.154. The molecule has 0 aliphatic rings. The predicted octanol–water partition coefficient (Wildman–Crippen LogP) is 0.619. The van der Waals surface area contributed by atoms with Crippen LogP contribution in [0.2, 0.25) is 0 Å². The van der Waals surface area contributed by atoms with Gasteiger partial charge in [-0.1, -0.05) is 0 Å². The van der Waals surface area contributed by atoms with Crippen molar-refractivity contribution in [3.8, 4) is 6.07 Å². The third kappa shape index (κ3) is 2.01. The zero-order chi connectivity index (χ0) is 15.0. The maximum Gasteiger partial charge on any atom is 0.362 e. The summed E-state index contributed by atoms with van der Waals surface area (Å²) in [5.41, 5.74) is 0.490. The topological polar surface area (TPSA) is 113 Å². The molecule has 0 aliphatic heterocycles. The first-order valence-corrected chi connectivity index (χ1v) is 6.14. The average molecular weight is 283 g/mol. The molecule has 0 fully saturated rings. The molecule has 0 atom stereocenters. The molecule has 2 aromatic heterocycles. The molecule has 3 rings (SSSR count). The van der Waals surface area contributed by atoms with Crippen LogP contribution >= 0.6 is 0 Å². The fourth-order valence-corrected chi connectivity index (χ4v) is 1.96. The van der Waals surface area contributed by atoms with Crippen molar-refractivity contribution in [1.82, 2.24) is 19.6 Å². The molecule has 8 nitrogen and oxygen atoms in total. The molecule has 0 saturated carbocycles. The second-order valence-electron chi connectivity index (χ2n) is 4.18. The van der Waals surface area contributed by atoms with Crippen molar-refractivity contribution in [3.63, 3.8) is 0 Å². The highest BCUT2D eigenvalue weighted by molar-refractivity contribution is 5.88. The number of esters is 1. The van der Waals surface area contributed by atoms with Gasteiger partial charge in [-0.05, 0) is 25.1 Å². The highest BCUT2D eigenvalue weighted by Crippen LogP contribution is 2.15. The van der Waals surface area contributed by atoms with Crippen LogP contribution in [0.25, 0.3) is 16.8 Å². The monoisotopic (exact) mass is 283 g/mol. The summed E-state index contributed by atoms with van der Waals surface area (Å²) in [6.45, 7) is 1.78. The van der Waals surface area contributed by atoms with Crippen LogP contribution in [0, 0.1) is 11.3 Å². The van der Waals surface area contributed by atoms with Gasteiger partial charge < -0.3 is 4.74 Å². The van der Waals surface area contributed by atoms with Crippen molar-refractivity contribution in [2.45, 2.75) is 6.92 Å². The van der Waals surface area contributed by atoms with Crippen LogP contribution in [0.3, 0.4) is 0 Å². The molecule has 104 valence electrons. The predicted molar refractivity (Wildman–Crippen MR) is 71.8 cm³/mol. The summed E-state index contributed by atoms with van der Waals surface area (Å²) in [4.78, 5) is 31.7. The van der Waals surface area contributed by atoms with E-state index in [4.69, 9.17) is 10.00 Å². The SMILES string of the molecule is CCOC(=O)c1nc2nc3ccc(C#N)cc3n2[nH]c1=O. The lowest BCUT2D eigenvalue weighted by molar-refractivity contribution is 0.0517. The van der Waals surface area contributed by atoms with Gasteiger partial charge in [-0.2, -0.15) is 10.2 Å². The highest BCUT2D eigenvalue weighted by Gasteiger charge is 2.17. The average Bonchev–Trinajstić information content (AvgIpc) is 2.83. The van der Waals surface area contributed by atoms with Gasteiger partial charge in [-0.25, -0.2) is 14.3 Å². The molecule has 0 aliphatic carbocycles. The van der Waals surface area contributed by atoms with Gasteiger partial charge in [0.25, 0.3) is 11.3 Å². The van der Waals surface area contributed by atoms with Crippen LogP contribution in [0.5, 0.6) is 0 Å². The van der Waals surface area contributed by atoms with Gasteiger partial charge in [0.15, 0.2) is 0 Å². The summed E-state index contributed by atoms with van der Waals surface area (Å²) < 4.78 is 6.10. The van der Waals surface area contributed by atoms with Crippen molar-refractivity contribution < 1.29 is 9.53 Å². The molecule has 2 heterocycles. The number of ether oxygens (including phenoxy) is 1. The molecule has 1 aromatic carbocycles. The first-order chi connectivity index (χ1) is 10.1. The number of nitrogens with zero attached hydrogens (tertiary/aromatic N) is 4. The maximum atomic E-state index is 11.9. The van der Waals surface area contributed by atoms with E-state index >= 15 is 0 Å². The molecule has 0 spiro atoms. The van der Waals surface area contributed by atoms with Gasteiger partial charge in [0.1, 0.15) is 0 Å². The van der Waals surface area contributed by atoms with Crippen LogP contribution in [0.4, 0.5) is 0 Å². The van der Waals surface area contributed by atoms with E-state index in [0.717, 1.165) is 0 Å². The number of carbonyl (C=O) groups is 1. The Hall–Kier alpha value is -3.21. The van der Waals surface area contributed by atoms with Gasteiger partial charge in [0.2, 0.25) is 5.69 Å². The lowest BCUT2D eigenvalue weighted by atomic mass is 10.2. The Kier molecular flexibility index (Phi) is 2.88. The minimum atomic E-state index is -0.800. The molecule has 0 saturated heterocycles. The number of nitriles is 1. The molecular weight excluding hydrogens is 274 g/mol. The van der Waals surface area contributed by atoms with Crippen molar-refractivity contribution in [2.24, 2.45) is 0 Å². The Bertz CT molecular complexity index is 963. The number of hydrogen-bond donors (Lipinski definition) is 1. The van der Waals surface area contributed by atoms with Crippen molar-refractivity contribution in [3.05, 3.63) is 39.8 Å². The van der Waals surface area contributed by atoms with Crippen LogP contribution in [0.1, 0.15) is 23.0 Å². The lowest BCUT2D eigenvalue weighted by Gasteiger charge is -2.00. The molecule has 0 radical (unpaired) electrons. The van der Waals surface area contributed by atoms with Crippen molar-refractivity contribution in [2.75, 3.05) is 6.61 Å². The van der Waals surface area contributed by atoms with Crippen LogP contribution < -0.4 is 5.56 Å². The lowest BCUT2D eigenvalue weighted by Crippen LogP contribution is -2.24. The zero-order valence-corrected chi connectivity index (χ0v) is 11.0. The van der Waals surface area contributed by atoms with E-state index in [2.05, 4.69) is 15.1 Å². The number of benzene rings is 1. The normalized spacial score (nSPS) is 10.7. The van der Waals surface area contributed by atoms with Crippen LogP contribution in [-0.2, 0) is 4.74 Å². The molecule has 0 amide bonds. The number of rotatable bonds is 2. The zero-order valence-electron chi connectivity index (χ0n) is 11.0. The first-order valence-electron chi connectivity index (χ1n) is 6.14. The summed E-state index contributed by atoms with van der Waals surface area (Å²) in [5.74, 6) is -0.645. The number of H-pyrrole nitrogens is 1. The van der Waals surface area contributed by atoms with E-state index in [-0.39, 0.29) is 18.1 Å². The molecule has 21 heavy (non-hydrogen) atoms. The Morgan fingerprint density at radius 3 is 3.00 bits per heavy atom. The minimum absolute atomic E-state index is 0.146. The largest absolute Gasteiger partial charge is 0.461 e. The van der Waals surface area contributed by atoms with Gasteiger partial charge >= 0.3 is 5.97 Å². The summed E-state index contributed by atoms with van der Waals surface area (Å²) in [6, 6.07) is 6.84. The quantitative estimate of drug-likeness (QED) is 0.690. The number of aromatic amines is 1. The molecule has 8 heteroatoms. The molecule has 0 bridgehead atoms. The summed E-state index contributed by atoms with van der Waals surface area (Å²) >= 11 is 0. The van der Waals surface area contributed by atoms with Crippen LogP contribution in [-0.4, -0.2) is 32.2 Å². The van der Waals surface area contributed by atoms with Crippen LogP contribution in [0.15, 0.2) is 23.0 Å². The van der Waals surface area contributed by atoms with E-state index in [1.165, 1.54) is 4.52 Å². The van der Waals surface area contributed by atoms with E-state index < -0.39 is 11.5 Å². The number of aromatic nitrogens is 4. The smallest absolute Gasteiger partial charge is 0.362 e. The minimum Gasteiger partial charge on any atom is -0.461 e. The second kappa shape index (κ2) is 4.72. The third-order valence-electron chi connectivity index (χ3n) is 2.87. The third-order valence-corrected chi connectivity index (χ3v) is 2.87. The Labute approximate surface area is 117 Å². The van der Waals surface area contributed by atoms with Gasteiger partial charge in [-0.3, -0.25) is 9.89 Å². The standard InChI is InChI=1S/C13H9N5O3/c1-2-21-12(20)10-11(19)17-18-9-5-7(6-14)3-4-8(9)15-13(18)16-10/h3-5H,2H2,1H3,(H,17,19). The molecule has 0 unspecified atom stereocenters.